The molecule has 1 fully saturated rings. The summed E-state index contributed by atoms with van der Waals surface area (Å²) < 4.78 is 18.5. The minimum absolute atomic E-state index is 0.144. The fraction of sp³-hybridized carbons (Fsp3) is 0.357. The Hall–Kier alpha value is -3.05. The molecule has 1 unspecified atom stereocenters. The van der Waals surface area contributed by atoms with Gasteiger partial charge in [0.05, 0.1) is 12.7 Å². The zero-order chi connectivity index (χ0) is 23.4. The molecule has 0 radical (unpaired) electrons. The average molecular weight is 449 g/mol. The lowest BCUT2D eigenvalue weighted by molar-refractivity contribution is -0.145. The Morgan fingerprint density at radius 3 is 2.52 bits per heavy atom. The van der Waals surface area contributed by atoms with E-state index in [-0.39, 0.29) is 36.5 Å². The molecule has 4 rings (SSSR count). The first-order chi connectivity index (χ1) is 15.9. The summed E-state index contributed by atoms with van der Waals surface area (Å²) in [6, 6.07) is 14.9. The Morgan fingerprint density at radius 2 is 1.82 bits per heavy atom. The molecule has 1 saturated carbocycles. The summed E-state index contributed by atoms with van der Waals surface area (Å²) in [6.45, 7) is 1.91. The van der Waals surface area contributed by atoms with Crippen LogP contribution in [0, 0.1) is 5.82 Å². The predicted molar refractivity (Wildman–Crippen MR) is 125 cm³/mol. The Labute approximate surface area is 193 Å². The number of hydrogen-bond donors (Lipinski definition) is 1. The molecule has 172 valence electrons. The number of aliphatic hydroxyl groups is 1. The van der Waals surface area contributed by atoms with Crippen LogP contribution in [0.4, 0.5) is 4.39 Å². The Kier molecular flexibility index (Phi) is 6.89. The second-order valence-electron chi connectivity index (χ2n) is 8.78. The number of Topliss-reactive ketones (excluding diaryl/α,β-unsaturated/α-hetero) is 1. The van der Waals surface area contributed by atoms with Gasteiger partial charge in [0, 0.05) is 11.8 Å². The molecule has 2 aromatic carbocycles. The van der Waals surface area contributed by atoms with E-state index in [0.29, 0.717) is 0 Å². The monoisotopic (exact) mass is 448 g/mol. The number of esters is 1. The van der Waals surface area contributed by atoms with E-state index in [1.165, 1.54) is 17.7 Å². The summed E-state index contributed by atoms with van der Waals surface area (Å²) in [5.74, 6) is -1.21. The molecule has 0 bridgehead atoms. The van der Waals surface area contributed by atoms with Crippen LogP contribution in [-0.2, 0) is 19.7 Å². The molecule has 0 amide bonds. The van der Waals surface area contributed by atoms with Crippen molar-refractivity contribution in [2.45, 2.75) is 57.0 Å². The number of carbonyl (C=O) groups excluding carboxylic acids is 2. The third-order valence-corrected chi connectivity index (χ3v) is 6.66. The van der Waals surface area contributed by atoms with Crippen molar-refractivity contribution in [1.82, 2.24) is 0 Å². The summed E-state index contributed by atoms with van der Waals surface area (Å²) in [5, 5.41) is 10.5. The highest BCUT2D eigenvalue weighted by atomic mass is 19.1. The first kappa shape index (κ1) is 23.1. The van der Waals surface area contributed by atoms with Gasteiger partial charge in [-0.15, -0.1) is 0 Å². The first-order valence-corrected chi connectivity index (χ1v) is 11.6. The van der Waals surface area contributed by atoms with Crippen LogP contribution in [0.15, 0.2) is 66.3 Å². The van der Waals surface area contributed by atoms with E-state index in [1.54, 1.807) is 25.1 Å². The number of fused-ring (bicyclic) bond motifs is 2. The molecule has 1 N–H and O–H groups in total. The second-order valence-corrected chi connectivity index (χ2v) is 8.78. The van der Waals surface area contributed by atoms with Gasteiger partial charge in [0.25, 0.3) is 0 Å². The molecule has 1 spiro atoms. The summed E-state index contributed by atoms with van der Waals surface area (Å²) in [6.07, 6.45) is 6.34. The van der Waals surface area contributed by atoms with Gasteiger partial charge in [-0.2, -0.15) is 0 Å². The molecular formula is C28H29FO4. The van der Waals surface area contributed by atoms with E-state index < -0.39 is 12.1 Å². The van der Waals surface area contributed by atoms with Gasteiger partial charge in [0.2, 0.25) is 0 Å². The maximum absolute atomic E-state index is 13.6. The average Bonchev–Trinajstić information content (AvgIpc) is 3.37. The molecule has 33 heavy (non-hydrogen) atoms. The van der Waals surface area contributed by atoms with Crippen molar-refractivity contribution in [3.63, 3.8) is 0 Å². The summed E-state index contributed by atoms with van der Waals surface area (Å²) in [7, 11) is 0. The van der Waals surface area contributed by atoms with E-state index in [9.17, 15) is 19.1 Å². The Morgan fingerprint density at radius 1 is 1.12 bits per heavy atom. The number of halogens is 1. The van der Waals surface area contributed by atoms with Crippen LogP contribution in [0.5, 0.6) is 0 Å². The fourth-order valence-electron chi connectivity index (χ4n) is 5.29. The number of benzene rings is 2. The van der Waals surface area contributed by atoms with E-state index in [1.807, 2.05) is 12.1 Å². The molecule has 2 aromatic rings. The molecule has 2 aliphatic carbocycles. The lowest BCUT2D eigenvalue weighted by Gasteiger charge is -2.28. The van der Waals surface area contributed by atoms with Crippen molar-refractivity contribution in [3.8, 4) is 0 Å². The van der Waals surface area contributed by atoms with Gasteiger partial charge >= 0.3 is 5.97 Å². The van der Waals surface area contributed by atoms with E-state index in [4.69, 9.17) is 4.74 Å². The first-order valence-electron chi connectivity index (χ1n) is 11.6. The minimum atomic E-state index is -1.00. The molecule has 0 aliphatic heterocycles. The van der Waals surface area contributed by atoms with Gasteiger partial charge in [0.15, 0.2) is 0 Å². The normalized spacial score (nSPS) is 17.5. The van der Waals surface area contributed by atoms with Crippen molar-refractivity contribution < 1.29 is 23.8 Å². The lowest BCUT2D eigenvalue weighted by atomic mass is 9.75. The topological polar surface area (TPSA) is 63.6 Å². The zero-order valence-corrected chi connectivity index (χ0v) is 18.9. The largest absolute Gasteiger partial charge is 0.466 e. The van der Waals surface area contributed by atoms with Crippen LogP contribution in [-0.4, -0.2) is 29.6 Å². The highest BCUT2D eigenvalue weighted by Crippen LogP contribution is 2.57. The van der Waals surface area contributed by atoms with Crippen LogP contribution in [0.3, 0.4) is 0 Å². The Bertz CT molecular complexity index is 1090. The maximum atomic E-state index is 13.6. The van der Waals surface area contributed by atoms with Crippen molar-refractivity contribution >= 4 is 17.3 Å². The third-order valence-electron chi connectivity index (χ3n) is 6.66. The van der Waals surface area contributed by atoms with Crippen LogP contribution >= 0.6 is 0 Å². The SMILES string of the molecule is CCOC(=O)CC(=O)CC(O)/C=C/C1=C(c2ccc(F)cc2)c2ccccc2C12CCCC2. The zero-order valence-electron chi connectivity index (χ0n) is 18.9. The number of ether oxygens (including phenoxy) is 1. The lowest BCUT2D eigenvalue weighted by Crippen LogP contribution is -2.22. The highest BCUT2D eigenvalue weighted by Gasteiger charge is 2.45. The van der Waals surface area contributed by atoms with E-state index in [0.717, 1.165) is 48.0 Å². The number of allylic oxidation sites excluding steroid dienone is 2. The predicted octanol–water partition coefficient (Wildman–Crippen LogP) is 5.28. The van der Waals surface area contributed by atoms with Crippen molar-refractivity contribution in [3.05, 3.63) is 88.8 Å². The molecule has 2 aliphatic rings. The van der Waals surface area contributed by atoms with E-state index >= 15 is 0 Å². The molecule has 4 nitrogen and oxygen atoms in total. The van der Waals surface area contributed by atoms with Crippen LogP contribution in [0.1, 0.15) is 62.1 Å². The van der Waals surface area contributed by atoms with Crippen LogP contribution in [0.25, 0.3) is 5.57 Å². The number of rotatable bonds is 8. The van der Waals surface area contributed by atoms with Gasteiger partial charge in [-0.3, -0.25) is 9.59 Å². The number of hydrogen-bond acceptors (Lipinski definition) is 4. The van der Waals surface area contributed by atoms with Gasteiger partial charge in [-0.25, -0.2) is 4.39 Å². The van der Waals surface area contributed by atoms with E-state index in [2.05, 4.69) is 18.2 Å². The maximum Gasteiger partial charge on any atom is 0.313 e. The van der Waals surface area contributed by atoms with Crippen LogP contribution < -0.4 is 0 Å². The standard InChI is InChI=1S/C28H29FO4/c1-2-33-26(32)18-22(31)17-21(30)13-14-25-27(19-9-11-20(29)12-10-19)23-7-3-4-8-24(23)28(25)15-5-6-16-28/h3-4,7-14,21,30H,2,5-6,15-18H2,1H3/b14-13+. The number of aliphatic hydroxyl groups excluding tert-OH is 1. The van der Waals surface area contributed by atoms with Gasteiger partial charge in [-0.1, -0.05) is 61.4 Å². The van der Waals surface area contributed by atoms with Crippen LogP contribution in [0.2, 0.25) is 0 Å². The second kappa shape index (κ2) is 9.84. The summed E-state index contributed by atoms with van der Waals surface area (Å²) >= 11 is 0. The molecule has 0 heterocycles. The molecule has 5 heteroatoms. The Balaban J connectivity index is 1.68. The van der Waals surface area contributed by atoms with Crippen molar-refractivity contribution in [2.75, 3.05) is 6.61 Å². The summed E-state index contributed by atoms with van der Waals surface area (Å²) in [5.41, 5.74) is 5.34. The number of carbonyl (C=O) groups is 2. The highest BCUT2D eigenvalue weighted by molar-refractivity contribution is 5.96. The minimum Gasteiger partial charge on any atom is -0.466 e. The molecule has 0 aromatic heterocycles. The molecule has 0 saturated heterocycles. The number of ketones is 1. The molecule has 1 atom stereocenters. The molecular weight excluding hydrogens is 419 g/mol. The van der Waals surface area contributed by atoms with Gasteiger partial charge < -0.3 is 9.84 Å². The summed E-state index contributed by atoms with van der Waals surface area (Å²) in [4.78, 5) is 23.7. The van der Waals surface area contributed by atoms with Crippen molar-refractivity contribution in [2.24, 2.45) is 0 Å². The third kappa shape index (κ3) is 4.69. The van der Waals surface area contributed by atoms with Gasteiger partial charge in [-0.05, 0) is 59.7 Å². The smallest absolute Gasteiger partial charge is 0.313 e. The van der Waals surface area contributed by atoms with Gasteiger partial charge in [0.1, 0.15) is 18.0 Å². The quantitative estimate of drug-likeness (QED) is 0.441. The fourth-order valence-corrected chi connectivity index (χ4v) is 5.29. The van der Waals surface area contributed by atoms with Crippen molar-refractivity contribution in [1.29, 1.82) is 0 Å².